The standard InChI is InChI=1S/C47H92NO8P/c1-6-8-10-12-14-16-18-20-22-23-24-26-28-30-32-34-36-38-40-47(50)56-45(44-55-57(51,52)54-42-41-48(3,4)5)43-53-46(49)39-37-35-33-31-29-27-25-21-19-17-15-13-11-9-7-2/h29,31,45H,6-28,30,32-44H2,1-5H3/b31-29+/t45-/m1/s1. The molecule has 0 aromatic carbocycles. The van der Waals surface area contributed by atoms with Crippen molar-refractivity contribution in [3.8, 4) is 0 Å². The van der Waals surface area contributed by atoms with Crippen LogP contribution in [0.25, 0.3) is 0 Å². The van der Waals surface area contributed by atoms with E-state index in [-0.39, 0.29) is 26.1 Å². The Bertz CT molecular complexity index is 985. The van der Waals surface area contributed by atoms with Crippen LogP contribution in [0.5, 0.6) is 0 Å². The van der Waals surface area contributed by atoms with E-state index >= 15 is 0 Å². The average Bonchev–Trinajstić information content (AvgIpc) is 3.16. The molecule has 57 heavy (non-hydrogen) atoms. The number of phosphoric acid groups is 1. The molecule has 0 aromatic rings. The number of allylic oxidation sites excluding steroid dienone is 2. The topological polar surface area (TPSA) is 111 Å². The molecule has 0 saturated carbocycles. The van der Waals surface area contributed by atoms with Gasteiger partial charge in [-0.2, -0.15) is 0 Å². The van der Waals surface area contributed by atoms with Crippen LogP contribution in [0.15, 0.2) is 12.2 Å². The van der Waals surface area contributed by atoms with Gasteiger partial charge in [0.05, 0.1) is 27.7 Å². The molecular weight excluding hydrogens is 737 g/mol. The predicted octanol–water partition coefficient (Wildman–Crippen LogP) is 13.1. The van der Waals surface area contributed by atoms with E-state index in [0.29, 0.717) is 23.9 Å². The van der Waals surface area contributed by atoms with Crippen LogP contribution in [0.2, 0.25) is 0 Å². The van der Waals surface area contributed by atoms with Crippen molar-refractivity contribution >= 4 is 19.8 Å². The molecule has 0 N–H and O–H groups in total. The van der Waals surface area contributed by atoms with E-state index in [1.807, 2.05) is 21.1 Å². The zero-order valence-electron chi connectivity index (χ0n) is 38.1. The summed E-state index contributed by atoms with van der Waals surface area (Å²) in [6.45, 7) is 4.24. The number of hydrogen-bond donors (Lipinski definition) is 0. The van der Waals surface area contributed by atoms with Gasteiger partial charge in [-0.1, -0.05) is 187 Å². The minimum atomic E-state index is -4.62. The van der Waals surface area contributed by atoms with Crippen LogP contribution in [0.3, 0.4) is 0 Å². The normalized spacial score (nSPS) is 13.6. The van der Waals surface area contributed by atoms with Crippen molar-refractivity contribution in [2.45, 2.75) is 232 Å². The molecule has 0 aliphatic carbocycles. The first kappa shape index (κ1) is 55.8. The number of carbonyl (C=O) groups is 2. The quantitative estimate of drug-likeness (QED) is 0.0196. The third kappa shape index (κ3) is 44.1. The Hall–Kier alpha value is -1.25. The Balaban J connectivity index is 4.29. The number of rotatable bonds is 44. The summed E-state index contributed by atoms with van der Waals surface area (Å²) in [6.07, 6.45) is 42.4. The second kappa shape index (κ2) is 40.2. The first-order valence-electron chi connectivity index (χ1n) is 23.9. The SMILES string of the molecule is CCCCCCCCCCC/C=C/CCCCC(=O)OC[C@H](COP(=O)([O-])OCC[N+](C)(C)C)OC(=O)CCCCCCCCCCCCCCCCCCCC. The molecular formula is C47H92NO8P. The summed E-state index contributed by atoms with van der Waals surface area (Å²) >= 11 is 0. The number of carbonyl (C=O) groups excluding carboxylic acids is 2. The Kier molecular flexibility index (Phi) is 39.3. The van der Waals surface area contributed by atoms with Crippen molar-refractivity contribution in [2.75, 3.05) is 47.5 Å². The van der Waals surface area contributed by atoms with Crippen LogP contribution >= 0.6 is 7.82 Å². The maximum atomic E-state index is 12.7. The van der Waals surface area contributed by atoms with E-state index in [4.69, 9.17) is 18.5 Å². The van der Waals surface area contributed by atoms with Gasteiger partial charge >= 0.3 is 11.9 Å². The summed E-state index contributed by atoms with van der Waals surface area (Å²) in [5, 5.41) is 0. The van der Waals surface area contributed by atoms with Crippen LogP contribution in [0.4, 0.5) is 0 Å². The lowest BCUT2D eigenvalue weighted by atomic mass is 10.0. The van der Waals surface area contributed by atoms with Crippen molar-refractivity contribution in [2.24, 2.45) is 0 Å². The van der Waals surface area contributed by atoms with Crippen molar-refractivity contribution < 1.29 is 42.1 Å². The largest absolute Gasteiger partial charge is 0.756 e. The van der Waals surface area contributed by atoms with Gasteiger partial charge in [0.2, 0.25) is 0 Å². The highest BCUT2D eigenvalue weighted by Gasteiger charge is 2.21. The molecule has 338 valence electrons. The van der Waals surface area contributed by atoms with Gasteiger partial charge in [-0.25, -0.2) is 0 Å². The fourth-order valence-electron chi connectivity index (χ4n) is 6.77. The van der Waals surface area contributed by atoms with Gasteiger partial charge < -0.3 is 27.9 Å². The third-order valence-corrected chi connectivity index (χ3v) is 11.5. The molecule has 10 heteroatoms. The van der Waals surface area contributed by atoms with E-state index in [2.05, 4.69) is 26.0 Å². The van der Waals surface area contributed by atoms with E-state index in [9.17, 15) is 19.0 Å². The number of unbranched alkanes of at least 4 members (excludes halogenated alkanes) is 28. The highest BCUT2D eigenvalue weighted by molar-refractivity contribution is 7.45. The molecule has 0 spiro atoms. The first-order valence-corrected chi connectivity index (χ1v) is 25.4. The van der Waals surface area contributed by atoms with Gasteiger partial charge in [-0.3, -0.25) is 14.2 Å². The molecule has 1 unspecified atom stereocenters. The number of phosphoric ester groups is 1. The highest BCUT2D eigenvalue weighted by atomic mass is 31.2. The van der Waals surface area contributed by atoms with E-state index in [1.165, 1.54) is 154 Å². The molecule has 0 amide bonds. The van der Waals surface area contributed by atoms with Crippen molar-refractivity contribution in [3.63, 3.8) is 0 Å². The van der Waals surface area contributed by atoms with E-state index < -0.39 is 32.5 Å². The molecule has 0 bridgehead atoms. The van der Waals surface area contributed by atoms with Gasteiger partial charge in [0.15, 0.2) is 6.10 Å². The molecule has 0 fully saturated rings. The molecule has 0 aliphatic rings. The van der Waals surface area contributed by atoms with Gasteiger partial charge in [-0.15, -0.1) is 0 Å². The van der Waals surface area contributed by atoms with Gasteiger partial charge in [0, 0.05) is 12.8 Å². The Morgan fingerprint density at radius 2 is 0.895 bits per heavy atom. The second-order valence-electron chi connectivity index (χ2n) is 17.5. The van der Waals surface area contributed by atoms with Crippen LogP contribution in [-0.2, 0) is 32.7 Å². The minimum Gasteiger partial charge on any atom is -0.756 e. The third-order valence-electron chi connectivity index (χ3n) is 10.5. The maximum absolute atomic E-state index is 12.7. The van der Waals surface area contributed by atoms with Crippen molar-refractivity contribution in [1.82, 2.24) is 0 Å². The highest BCUT2D eigenvalue weighted by Crippen LogP contribution is 2.38. The number of esters is 2. The number of likely N-dealkylation sites (N-methyl/N-ethyl adjacent to an activating group) is 1. The summed E-state index contributed by atoms with van der Waals surface area (Å²) in [7, 11) is 1.17. The zero-order valence-corrected chi connectivity index (χ0v) is 38.9. The molecule has 0 saturated heterocycles. The summed E-state index contributed by atoms with van der Waals surface area (Å²) in [6, 6.07) is 0. The summed E-state index contributed by atoms with van der Waals surface area (Å²) in [4.78, 5) is 37.6. The van der Waals surface area contributed by atoms with Gasteiger partial charge in [0.25, 0.3) is 7.82 Å². The van der Waals surface area contributed by atoms with Crippen LogP contribution in [-0.4, -0.2) is 70.0 Å². The average molecular weight is 830 g/mol. The number of hydrogen-bond acceptors (Lipinski definition) is 8. The lowest BCUT2D eigenvalue weighted by molar-refractivity contribution is -0.870. The Morgan fingerprint density at radius 3 is 1.33 bits per heavy atom. The van der Waals surface area contributed by atoms with Gasteiger partial charge in [0.1, 0.15) is 19.8 Å². The molecule has 0 radical (unpaired) electrons. The van der Waals surface area contributed by atoms with E-state index in [0.717, 1.165) is 32.1 Å². The molecule has 0 aromatic heterocycles. The summed E-state index contributed by atoms with van der Waals surface area (Å²) in [5.41, 5.74) is 0. The summed E-state index contributed by atoms with van der Waals surface area (Å²) < 4.78 is 33.9. The summed E-state index contributed by atoms with van der Waals surface area (Å²) in [5.74, 6) is -0.847. The van der Waals surface area contributed by atoms with Crippen molar-refractivity contribution in [1.29, 1.82) is 0 Å². The lowest BCUT2D eigenvalue weighted by Crippen LogP contribution is -2.37. The van der Waals surface area contributed by atoms with Gasteiger partial charge in [-0.05, 0) is 38.5 Å². The minimum absolute atomic E-state index is 0.0302. The number of quaternary nitrogens is 1. The van der Waals surface area contributed by atoms with E-state index in [1.54, 1.807) is 0 Å². The Morgan fingerprint density at radius 1 is 0.526 bits per heavy atom. The lowest BCUT2D eigenvalue weighted by Gasteiger charge is -2.28. The molecule has 9 nitrogen and oxygen atoms in total. The van der Waals surface area contributed by atoms with Crippen LogP contribution in [0.1, 0.15) is 226 Å². The van der Waals surface area contributed by atoms with Crippen LogP contribution < -0.4 is 4.89 Å². The van der Waals surface area contributed by atoms with Crippen molar-refractivity contribution in [3.05, 3.63) is 12.2 Å². The molecule has 2 atom stereocenters. The molecule has 0 rings (SSSR count). The predicted molar refractivity (Wildman–Crippen MR) is 236 cm³/mol. The number of ether oxygens (including phenoxy) is 2. The first-order chi connectivity index (χ1) is 27.5. The van der Waals surface area contributed by atoms with Crippen LogP contribution in [0, 0.1) is 0 Å². The zero-order chi connectivity index (χ0) is 42.1. The fourth-order valence-corrected chi connectivity index (χ4v) is 7.50. The molecule has 0 aliphatic heterocycles. The Labute approximate surface area is 352 Å². The number of nitrogens with zero attached hydrogens (tertiary/aromatic N) is 1. The smallest absolute Gasteiger partial charge is 0.306 e. The molecule has 0 heterocycles. The monoisotopic (exact) mass is 830 g/mol. The maximum Gasteiger partial charge on any atom is 0.306 e. The fraction of sp³-hybridized carbons (Fsp3) is 0.915. The second-order valence-corrected chi connectivity index (χ2v) is 18.9.